The van der Waals surface area contributed by atoms with Crippen molar-refractivity contribution in [1.82, 2.24) is 0 Å². The second-order valence-corrected chi connectivity index (χ2v) is 7.54. The van der Waals surface area contributed by atoms with Crippen molar-refractivity contribution in [3.63, 3.8) is 0 Å². The zero-order chi connectivity index (χ0) is 16.1. The van der Waals surface area contributed by atoms with Gasteiger partial charge < -0.3 is 5.32 Å². The molecule has 1 amide bonds. The molecule has 0 aliphatic carbocycles. The van der Waals surface area contributed by atoms with Crippen LogP contribution in [-0.2, 0) is 10.5 Å². The van der Waals surface area contributed by atoms with Crippen LogP contribution < -0.4 is 5.32 Å². The summed E-state index contributed by atoms with van der Waals surface area (Å²) < 4.78 is 1.07. The van der Waals surface area contributed by atoms with E-state index in [-0.39, 0.29) is 11.2 Å². The summed E-state index contributed by atoms with van der Waals surface area (Å²) in [4.78, 5) is 12.3. The average molecular weight is 399 g/mol. The van der Waals surface area contributed by atoms with Crippen molar-refractivity contribution in [3.8, 4) is 0 Å². The lowest BCUT2D eigenvalue weighted by molar-refractivity contribution is -0.115. The molecule has 2 aromatic rings. The molecule has 0 unspecified atom stereocenters. The predicted octanol–water partition coefficient (Wildman–Crippen LogP) is 5.67. The van der Waals surface area contributed by atoms with Gasteiger partial charge in [-0.25, -0.2) is 0 Å². The highest BCUT2D eigenvalue weighted by Crippen LogP contribution is 2.26. The van der Waals surface area contributed by atoms with Crippen molar-refractivity contribution in [3.05, 3.63) is 63.1 Å². The highest BCUT2D eigenvalue weighted by Gasteiger charge is 2.15. The van der Waals surface area contributed by atoms with E-state index >= 15 is 0 Å². The summed E-state index contributed by atoms with van der Waals surface area (Å²) in [6, 6.07) is 13.6. The first kappa shape index (κ1) is 17.4. The van der Waals surface area contributed by atoms with Gasteiger partial charge in [0.1, 0.15) is 0 Å². The molecule has 0 aliphatic rings. The van der Waals surface area contributed by atoms with Crippen LogP contribution in [0.15, 0.2) is 46.9 Å². The molecule has 0 radical (unpaired) electrons. The molecule has 2 nitrogen and oxygen atoms in total. The van der Waals surface area contributed by atoms with Gasteiger partial charge in [-0.15, -0.1) is 11.8 Å². The highest BCUT2D eigenvalue weighted by molar-refractivity contribution is 9.10. The van der Waals surface area contributed by atoms with Crippen LogP contribution in [0, 0.1) is 6.92 Å². The number of halogens is 2. The molecule has 2 rings (SSSR count). The Bertz CT molecular complexity index is 677. The summed E-state index contributed by atoms with van der Waals surface area (Å²) in [6.07, 6.45) is 0. The first-order valence-corrected chi connectivity index (χ1v) is 9.12. The average Bonchev–Trinajstić information content (AvgIpc) is 2.50. The van der Waals surface area contributed by atoms with Crippen LogP contribution in [0.4, 0.5) is 5.69 Å². The molecule has 5 heteroatoms. The summed E-state index contributed by atoms with van der Waals surface area (Å²) in [6.45, 7) is 3.81. The molecule has 0 spiro atoms. The van der Waals surface area contributed by atoms with E-state index in [0.717, 1.165) is 21.5 Å². The Morgan fingerprint density at radius 2 is 2.00 bits per heavy atom. The minimum absolute atomic E-state index is 0.0116. The first-order chi connectivity index (χ1) is 10.5. The second kappa shape index (κ2) is 8.04. The summed E-state index contributed by atoms with van der Waals surface area (Å²) in [5.74, 6) is 0.771. The van der Waals surface area contributed by atoms with Gasteiger partial charge in [-0.2, -0.15) is 0 Å². The molecule has 0 saturated carbocycles. The number of benzene rings is 2. The number of rotatable bonds is 5. The Hall–Kier alpha value is -0.970. The fourth-order valence-electron chi connectivity index (χ4n) is 1.88. The summed E-state index contributed by atoms with van der Waals surface area (Å²) in [7, 11) is 0. The Morgan fingerprint density at radius 3 is 2.73 bits per heavy atom. The third kappa shape index (κ3) is 4.51. The Kier molecular flexibility index (Phi) is 6.36. The summed E-state index contributed by atoms with van der Waals surface area (Å²) in [5.41, 5.74) is 2.84. The number of hydrogen-bond acceptors (Lipinski definition) is 2. The molecule has 0 aliphatic heterocycles. The fraction of sp³-hybridized carbons (Fsp3) is 0.235. The highest BCUT2D eigenvalue weighted by atomic mass is 79.9. The lowest BCUT2D eigenvalue weighted by Gasteiger charge is -2.14. The van der Waals surface area contributed by atoms with Crippen LogP contribution in [-0.4, -0.2) is 11.2 Å². The topological polar surface area (TPSA) is 29.1 Å². The summed E-state index contributed by atoms with van der Waals surface area (Å²) >= 11 is 11.2. The molecule has 0 heterocycles. The molecule has 116 valence electrons. The molecular formula is C17H17BrClNOS. The van der Waals surface area contributed by atoms with Gasteiger partial charge in [-0.3, -0.25) is 4.79 Å². The van der Waals surface area contributed by atoms with Crippen molar-refractivity contribution < 1.29 is 4.79 Å². The molecule has 2 aromatic carbocycles. The van der Waals surface area contributed by atoms with Gasteiger partial charge in [0.05, 0.1) is 5.25 Å². The largest absolute Gasteiger partial charge is 0.325 e. The van der Waals surface area contributed by atoms with Crippen LogP contribution >= 0.6 is 39.3 Å². The zero-order valence-electron chi connectivity index (χ0n) is 12.4. The maximum Gasteiger partial charge on any atom is 0.237 e. The van der Waals surface area contributed by atoms with E-state index in [1.165, 1.54) is 5.56 Å². The van der Waals surface area contributed by atoms with E-state index in [2.05, 4.69) is 27.3 Å². The third-order valence-corrected chi connectivity index (χ3v) is 5.72. The zero-order valence-corrected chi connectivity index (χ0v) is 15.6. The van der Waals surface area contributed by atoms with Crippen molar-refractivity contribution in [2.24, 2.45) is 0 Å². The minimum Gasteiger partial charge on any atom is -0.325 e. The number of thioether (sulfide) groups is 1. The monoisotopic (exact) mass is 397 g/mol. The fourth-order valence-corrected chi connectivity index (χ4v) is 3.56. The van der Waals surface area contributed by atoms with Crippen LogP contribution in [0.25, 0.3) is 0 Å². The van der Waals surface area contributed by atoms with Crippen molar-refractivity contribution in [2.75, 3.05) is 5.32 Å². The van der Waals surface area contributed by atoms with Crippen LogP contribution in [0.3, 0.4) is 0 Å². The lowest BCUT2D eigenvalue weighted by Crippen LogP contribution is -2.23. The van der Waals surface area contributed by atoms with Gasteiger partial charge in [0, 0.05) is 20.9 Å². The molecule has 22 heavy (non-hydrogen) atoms. The van der Waals surface area contributed by atoms with Crippen LogP contribution in [0.2, 0.25) is 5.02 Å². The van der Waals surface area contributed by atoms with Gasteiger partial charge in [-0.1, -0.05) is 51.8 Å². The molecule has 0 bridgehead atoms. The Labute approximate surface area is 148 Å². The van der Waals surface area contributed by atoms with E-state index in [1.807, 2.05) is 50.2 Å². The number of carbonyl (C=O) groups is 1. The number of anilines is 1. The number of carbonyl (C=O) groups excluding carboxylic acids is 1. The molecular weight excluding hydrogens is 382 g/mol. The minimum atomic E-state index is -0.148. The van der Waals surface area contributed by atoms with Gasteiger partial charge in [0.25, 0.3) is 0 Å². The molecule has 1 N–H and O–H groups in total. The van der Waals surface area contributed by atoms with Crippen LogP contribution in [0.5, 0.6) is 0 Å². The first-order valence-electron chi connectivity index (χ1n) is 6.90. The van der Waals surface area contributed by atoms with E-state index in [9.17, 15) is 4.79 Å². The van der Waals surface area contributed by atoms with E-state index in [1.54, 1.807) is 11.8 Å². The van der Waals surface area contributed by atoms with E-state index in [0.29, 0.717) is 5.02 Å². The Balaban J connectivity index is 1.95. The van der Waals surface area contributed by atoms with Crippen molar-refractivity contribution >= 4 is 50.9 Å². The summed E-state index contributed by atoms with van der Waals surface area (Å²) in [5, 5.41) is 3.46. The van der Waals surface area contributed by atoms with Gasteiger partial charge >= 0.3 is 0 Å². The molecule has 1 atom stereocenters. The smallest absolute Gasteiger partial charge is 0.237 e. The van der Waals surface area contributed by atoms with Gasteiger partial charge in [-0.05, 0) is 43.2 Å². The van der Waals surface area contributed by atoms with Crippen LogP contribution in [0.1, 0.15) is 18.1 Å². The molecule has 0 saturated heterocycles. The predicted molar refractivity (Wildman–Crippen MR) is 99.7 cm³/mol. The number of amides is 1. The van der Waals surface area contributed by atoms with E-state index in [4.69, 9.17) is 11.6 Å². The SMILES string of the molecule is Cc1c(Cl)cccc1NC(=O)[C@@H](C)SCc1ccccc1Br. The maximum atomic E-state index is 12.3. The van der Waals surface area contributed by atoms with Gasteiger partial charge in [0.15, 0.2) is 0 Å². The normalized spacial score (nSPS) is 12.0. The number of nitrogens with one attached hydrogen (secondary N) is 1. The van der Waals surface area contributed by atoms with Gasteiger partial charge in [0.2, 0.25) is 5.91 Å². The lowest BCUT2D eigenvalue weighted by atomic mass is 10.2. The number of hydrogen-bond donors (Lipinski definition) is 1. The molecule has 0 fully saturated rings. The quantitative estimate of drug-likeness (QED) is 0.703. The van der Waals surface area contributed by atoms with E-state index < -0.39 is 0 Å². The maximum absolute atomic E-state index is 12.3. The second-order valence-electron chi connectivity index (χ2n) is 4.95. The Morgan fingerprint density at radius 1 is 1.27 bits per heavy atom. The standard InChI is InChI=1S/C17H17BrClNOS/c1-11-15(19)8-5-9-16(11)20-17(21)12(2)22-10-13-6-3-4-7-14(13)18/h3-9,12H,10H2,1-2H3,(H,20,21)/t12-/m1/s1. The van der Waals surface area contributed by atoms with Crippen molar-refractivity contribution in [2.45, 2.75) is 24.9 Å². The molecule has 0 aromatic heterocycles. The third-order valence-electron chi connectivity index (χ3n) is 3.34. The van der Waals surface area contributed by atoms with Crippen molar-refractivity contribution in [1.29, 1.82) is 0 Å².